The van der Waals surface area contributed by atoms with Crippen LogP contribution in [-0.2, 0) is 0 Å². The SMILES string of the molecule is CN1CCC(C[C@H]2CCCNC2)CC1. The molecule has 1 N–H and O–H groups in total. The van der Waals surface area contributed by atoms with Crippen LogP contribution in [-0.4, -0.2) is 38.1 Å². The number of hydrogen-bond acceptors (Lipinski definition) is 2. The van der Waals surface area contributed by atoms with Gasteiger partial charge in [-0.1, -0.05) is 0 Å². The van der Waals surface area contributed by atoms with Gasteiger partial charge in [-0.15, -0.1) is 0 Å². The van der Waals surface area contributed by atoms with Gasteiger partial charge in [0.25, 0.3) is 0 Å². The first-order valence-corrected chi connectivity index (χ1v) is 6.24. The second kappa shape index (κ2) is 5.13. The molecule has 2 heterocycles. The van der Waals surface area contributed by atoms with Crippen LogP contribution in [0.3, 0.4) is 0 Å². The summed E-state index contributed by atoms with van der Waals surface area (Å²) in [7, 11) is 2.25. The molecule has 0 bridgehead atoms. The Labute approximate surface area is 88.1 Å². The van der Waals surface area contributed by atoms with Crippen LogP contribution in [0.25, 0.3) is 0 Å². The maximum absolute atomic E-state index is 3.52. The molecule has 1 atom stereocenters. The van der Waals surface area contributed by atoms with E-state index in [9.17, 15) is 0 Å². The lowest BCUT2D eigenvalue weighted by atomic mass is 9.84. The van der Waals surface area contributed by atoms with Gasteiger partial charge in [-0.25, -0.2) is 0 Å². The molecule has 0 aromatic rings. The van der Waals surface area contributed by atoms with E-state index in [2.05, 4.69) is 17.3 Å². The third-order valence-electron chi connectivity index (χ3n) is 3.90. The molecule has 82 valence electrons. The van der Waals surface area contributed by atoms with E-state index in [-0.39, 0.29) is 0 Å². The molecule has 0 radical (unpaired) electrons. The Balaban J connectivity index is 1.68. The maximum Gasteiger partial charge on any atom is -0.00191 e. The lowest BCUT2D eigenvalue weighted by Crippen LogP contribution is -2.34. The van der Waals surface area contributed by atoms with Crippen LogP contribution in [0.2, 0.25) is 0 Å². The molecule has 0 amide bonds. The molecule has 0 aromatic carbocycles. The fourth-order valence-electron chi connectivity index (χ4n) is 2.89. The Morgan fingerprint density at radius 1 is 1.14 bits per heavy atom. The highest BCUT2D eigenvalue weighted by Gasteiger charge is 2.21. The molecule has 0 spiro atoms. The first-order valence-electron chi connectivity index (χ1n) is 6.24. The monoisotopic (exact) mass is 196 g/mol. The van der Waals surface area contributed by atoms with Crippen LogP contribution < -0.4 is 5.32 Å². The van der Waals surface area contributed by atoms with E-state index in [1.54, 1.807) is 0 Å². The zero-order valence-electron chi connectivity index (χ0n) is 9.47. The Morgan fingerprint density at radius 2 is 1.93 bits per heavy atom. The number of piperidine rings is 2. The molecule has 2 nitrogen and oxygen atoms in total. The molecule has 0 unspecified atom stereocenters. The van der Waals surface area contributed by atoms with Gasteiger partial charge in [0, 0.05) is 0 Å². The van der Waals surface area contributed by atoms with E-state index in [1.165, 1.54) is 58.3 Å². The average molecular weight is 196 g/mol. The highest BCUT2D eigenvalue weighted by atomic mass is 15.1. The lowest BCUT2D eigenvalue weighted by molar-refractivity contribution is 0.185. The van der Waals surface area contributed by atoms with Crippen LogP contribution in [0.15, 0.2) is 0 Å². The molecule has 0 aliphatic carbocycles. The zero-order chi connectivity index (χ0) is 9.80. The van der Waals surface area contributed by atoms with Crippen molar-refractivity contribution < 1.29 is 0 Å². The summed E-state index contributed by atoms with van der Waals surface area (Å²) in [5, 5.41) is 3.52. The normalized spacial score (nSPS) is 31.9. The molecule has 0 saturated carbocycles. The first kappa shape index (κ1) is 10.4. The molecule has 2 heteroatoms. The van der Waals surface area contributed by atoms with Gasteiger partial charge in [0.05, 0.1) is 0 Å². The number of likely N-dealkylation sites (tertiary alicyclic amines) is 1. The Bertz CT molecular complexity index is 156. The molecule has 2 saturated heterocycles. The van der Waals surface area contributed by atoms with Crippen molar-refractivity contribution >= 4 is 0 Å². The average Bonchev–Trinajstić information content (AvgIpc) is 2.23. The second-order valence-electron chi connectivity index (χ2n) is 5.19. The van der Waals surface area contributed by atoms with Crippen molar-refractivity contribution in [3.63, 3.8) is 0 Å². The van der Waals surface area contributed by atoms with Gasteiger partial charge >= 0.3 is 0 Å². The van der Waals surface area contributed by atoms with Crippen molar-refractivity contribution in [2.45, 2.75) is 32.1 Å². The molecule has 14 heavy (non-hydrogen) atoms. The summed E-state index contributed by atoms with van der Waals surface area (Å²) in [5.74, 6) is 2.01. The van der Waals surface area contributed by atoms with Crippen LogP contribution >= 0.6 is 0 Å². The van der Waals surface area contributed by atoms with Crippen molar-refractivity contribution in [3.8, 4) is 0 Å². The van der Waals surface area contributed by atoms with E-state index in [0.29, 0.717) is 0 Å². The minimum absolute atomic E-state index is 0.983. The maximum atomic E-state index is 3.52. The molecule has 2 aliphatic heterocycles. The van der Waals surface area contributed by atoms with Crippen LogP contribution in [0.4, 0.5) is 0 Å². The number of nitrogens with one attached hydrogen (secondary N) is 1. The summed E-state index contributed by atoms with van der Waals surface area (Å²) in [6.07, 6.45) is 7.23. The summed E-state index contributed by atoms with van der Waals surface area (Å²) in [6, 6.07) is 0. The quantitative estimate of drug-likeness (QED) is 0.723. The van der Waals surface area contributed by atoms with Crippen molar-refractivity contribution in [1.29, 1.82) is 0 Å². The van der Waals surface area contributed by atoms with Crippen LogP contribution in [0.1, 0.15) is 32.1 Å². The van der Waals surface area contributed by atoms with E-state index in [0.717, 1.165) is 11.8 Å². The number of rotatable bonds is 2. The fraction of sp³-hybridized carbons (Fsp3) is 1.00. The highest BCUT2D eigenvalue weighted by Crippen LogP contribution is 2.26. The predicted molar refractivity (Wildman–Crippen MR) is 60.4 cm³/mol. The van der Waals surface area contributed by atoms with E-state index in [1.807, 2.05) is 0 Å². The Hall–Kier alpha value is -0.0800. The van der Waals surface area contributed by atoms with E-state index in [4.69, 9.17) is 0 Å². The third-order valence-corrected chi connectivity index (χ3v) is 3.90. The third kappa shape index (κ3) is 2.96. The van der Waals surface area contributed by atoms with Crippen molar-refractivity contribution in [2.75, 3.05) is 33.2 Å². The molecule has 0 aromatic heterocycles. The standard InChI is InChI=1S/C12H24N2/c1-14-7-4-11(5-8-14)9-12-3-2-6-13-10-12/h11-13H,2-10H2,1H3/t12-/m1/s1. The second-order valence-corrected chi connectivity index (χ2v) is 5.19. The van der Waals surface area contributed by atoms with E-state index >= 15 is 0 Å². The fourth-order valence-corrected chi connectivity index (χ4v) is 2.89. The van der Waals surface area contributed by atoms with E-state index < -0.39 is 0 Å². The molecule has 2 fully saturated rings. The van der Waals surface area contributed by atoms with Gasteiger partial charge in [0.1, 0.15) is 0 Å². The lowest BCUT2D eigenvalue weighted by Gasteiger charge is -2.32. The van der Waals surface area contributed by atoms with Gasteiger partial charge < -0.3 is 10.2 Å². The zero-order valence-corrected chi connectivity index (χ0v) is 9.47. The Morgan fingerprint density at radius 3 is 2.57 bits per heavy atom. The summed E-state index contributed by atoms with van der Waals surface area (Å²) in [6.45, 7) is 5.19. The molecule has 2 aliphatic rings. The summed E-state index contributed by atoms with van der Waals surface area (Å²) < 4.78 is 0. The smallest absolute Gasteiger partial charge is 0.00191 e. The van der Waals surface area contributed by atoms with Crippen molar-refractivity contribution in [2.24, 2.45) is 11.8 Å². The predicted octanol–water partition coefficient (Wildman–Crippen LogP) is 1.72. The van der Waals surface area contributed by atoms with Crippen molar-refractivity contribution in [1.82, 2.24) is 10.2 Å². The van der Waals surface area contributed by atoms with Crippen molar-refractivity contribution in [3.05, 3.63) is 0 Å². The topological polar surface area (TPSA) is 15.3 Å². The van der Waals surface area contributed by atoms with Gasteiger partial charge in [-0.05, 0) is 77.2 Å². The first-order chi connectivity index (χ1) is 6.84. The summed E-state index contributed by atoms with van der Waals surface area (Å²) >= 11 is 0. The van der Waals surface area contributed by atoms with Gasteiger partial charge in [-0.3, -0.25) is 0 Å². The molecular formula is C12H24N2. The Kier molecular flexibility index (Phi) is 3.82. The number of hydrogen-bond donors (Lipinski definition) is 1. The van der Waals surface area contributed by atoms with Crippen LogP contribution in [0.5, 0.6) is 0 Å². The minimum atomic E-state index is 0.983. The van der Waals surface area contributed by atoms with Gasteiger partial charge in [-0.2, -0.15) is 0 Å². The highest BCUT2D eigenvalue weighted by molar-refractivity contribution is 4.76. The van der Waals surface area contributed by atoms with Gasteiger partial charge in [0.15, 0.2) is 0 Å². The minimum Gasteiger partial charge on any atom is -0.316 e. The van der Waals surface area contributed by atoms with Gasteiger partial charge in [0.2, 0.25) is 0 Å². The van der Waals surface area contributed by atoms with Crippen LogP contribution in [0, 0.1) is 11.8 Å². The molecule has 2 rings (SSSR count). The summed E-state index contributed by atoms with van der Waals surface area (Å²) in [5.41, 5.74) is 0. The number of nitrogens with zero attached hydrogens (tertiary/aromatic N) is 1. The summed E-state index contributed by atoms with van der Waals surface area (Å²) in [4.78, 5) is 2.47. The largest absolute Gasteiger partial charge is 0.316 e. The molecular weight excluding hydrogens is 172 g/mol.